The first kappa shape index (κ1) is 20.4. The summed E-state index contributed by atoms with van der Waals surface area (Å²) in [7, 11) is 0. The first-order valence-electron chi connectivity index (χ1n) is 9.06. The summed E-state index contributed by atoms with van der Waals surface area (Å²) in [6.45, 7) is 4.58. The molecule has 5 nitrogen and oxygen atoms in total. The molecule has 0 fully saturated rings. The van der Waals surface area contributed by atoms with Crippen molar-refractivity contribution < 1.29 is 14.3 Å². The first-order chi connectivity index (χ1) is 13.5. The maximum atomic E-state index is 12.2. The summed E-state index contributed by atoms with van der Waals surface area (Å²) in [5, 5.41) is 2.84. The number of hydrogen-bond donors (Lipinski definition) is 1. The van der Waals surface area contributed by atoms with Crippen LogP contribution in [0.1, 0.15) is 30.6 Å². The highest BCUT2D eigenvalue weighted by atomic mass is 32.2. The molecule has 1 N–H and O–H groups in total. The third-order valence-electron chi connectivity index (χ3n) is 3.93. The quantitative estimate of drug-likeness (QED) is 0.404. The number of aromatic nitrogens is 1. The molecule has 0 bridgehead atoms. The molecular weight excluding hydrogens is 392 g/mol. The number of thiazole rings is 1. The monoisotopic (exact) mass is 414 g/mol. The largest absolute Gasteiger partial charge is 0.462 e. The lowest BCUT2D eigenvalue weighted by Gasteiger charge is -2.08. The van der Waals surface area contributed by atoms with E-state index in [9.17, 15) is 9.59 Å². The molecule has 0 unspecified atom stereocenters. The Labute approximate surface area is 172 Å². The van der Waals surface area contributed by atoms with E-state index in [1.807, 2.05) is 24.3 Å². The van der Waals surface area contributed by atoms with Crippen LogP contribution in [0.5, 0.6) is 0 Å². The second-order valence-electron chi connectivity index (χ2n) is 6.68. The molecule has 0 aliphatic carbocycles. The van der Waals surface area contributed by atoms with Crippen molar-refractivity contribution >= 4 is 50.9 Å². The predicted octanol–water partition coefficient (Wildman–Crippen LogP) is 5.23. The van der Waals surface area contributed by atoms with Gasteiger partial charge in [-0.05, 0) is 48.7 Å². The van der Waals surface area contributed by atoms with E-state index in [1.54, 1.807) is 35.6 Å². The summed E-state index contributed by atoms with van der Waals surface area (Å²) >= 11 is 2.99. The Hall–Kier alpha value is -2.38. The Kier molecular flexibility index (Phi) is 7.06. The van der Waals surface area contributed by atoms with Gasteiger partial charge >= 0.3 is 5.97 Å². The minimum atomic E-state index is -0.343. The van der Waals surface area contributed by atoms with E-state index in [4.69, 9.17) is 4.74 Å². The van der Waals surface area contributed by atoms with Crippen molar-refractivity contribution in [2.75, 3.05) is 17.7 Å². The van der Waals surface area contributed by atoms with Crippen LogP contribution >= 0.6 is 23.1 Å². The smallest absolute Gasteiger partial charge is 0.338 e. The van der Waals surface area contributed by atoms with Crippen LogP contribution in [0.25, 0.3) is 10.2 Å². The van der Waals surface area contributed by atoms with Crippen LogP contribution in [0.3, 0.4) is 0 Å². The van der Waals surface area contributed by atoms with Crippen LogP contribution in [0.15, 0.2) is 52.9 Å². The maximum Gasteiger partial charge on any atom is 0.338 e. The molecule has 0 aliphatic rings. The highest BCUT2D eigenvalue weighted by Gasteiger charge is 2.10. The second kappa shape index (κ2) is 9.71. The van der Waals surface area contributed by atoms with E-state index >= 15 is 0 Å². The number of nitrogens with zero attached hydrogens (tertiary/aromatic N) is 1. The van der Waals surface area contributed by atoms with Crippen LogP contribution in [-0.4, -0.2) is 29.2 Å². The lowest BCUT2D eigenvalue weighted by molar-refractivity contribution is -0.113. The molecule has 0 atom stereocenters. The number of thioether (sulfide) groups is 1. The highest BCUT2D eigenvalue weighted by Crippen LogP contribution is 2.29. The van der Waals surface area contributed by atoms with E-state index in [0.717, 1.165) is 21.0 Å². The number of benzene rings is 2. The molecule has 0 aliphatic heterocycles. The molecule has 1 aromatic heterocycles. The van der Waals surface area contributed by atoms with Crippen molar-refractivity contribution in [2.45, 2.75) is 24.6 Å². The van der Waals surface area contributed by atoms with Gasteiger partial charge in [0.15, 0.2) is 4.34 Å². The van der Waals surface area contributed by atoms with Crippen LogP contribution in [-0.2, 0) is 9.53 Å². The van der Waals surface area contributed by atoms with Gasteiger partial charge < -0.3 is 10.1 Å². The first-order valence-corrected chi connectivity index (χ1v) is 10.9. The molecule has 0 spiro atoms. The van der Waals surface area contributed by atoms with Crippen molar-refractivity contribution in [1.29, 1.82) is 0 Å². The van der Waals surface area contributed by atoms with Gasteiger partial charge in [0.05, 0.1) is 28.1 Å². The van der Waals surface area contributed by atoms with Gasteiger partial charge in [0.1, 0.15) is 0 Å². The van der Waals surface area contributed by atoms with Gasteiger partial charge in [0, 0.05) is 5.69 Å². The SMILES string of the molecule is CC(C)CCOC(=O)c1ccc(NC(=O)CSc2nc3ccccc3s2)cc1. The van der Waals surface area contributed by atoms with Crippen molar-refractivity contribution in [2.24, 2.45) is 5.92 Å². The Bertz CT molecular complexity index is 919. The molecule has 3 aromatic rings. The predicted molar refractivity (Wildman–Crippen MR) is 115 cm³/mol. The van der Waals surface area contributed by atoms with Gasteiger partial charge in [-0.1, -0.05) is 37.7 Å². The normalized spacial score (nSPS) is 11.0. The summed E-state index contributed by atoms with van der Waals surface area (Å²) in [5.74, 6) is 0.311. The highest BCUT2D eigenvalue weighted by molar-refractivity contribution is 8.01. The Morgan fingerprint density at radius 2 is 1.89 bits per heavy atom. The molecular formula is C21H22N2O3S2. The summed E-state index contributed by atoms with van der Waals surface area (Å²) in [5.41, 5.74) is 2.07. The summed E-state index contributed by atoms with van der Waals surface area (Å²) in [4.78, 5) is 28.7. The molecule has 28 heavy (non-hydrogen) atoms. The zero-order chi connectivity index (χ0) is 19.9. The zero-order valence-corrected chi connectivity index (χ0v) is 17.4. The molecule has 0 radical (unpaired) electrons. The summed E-state index contributed by atoms with van der Waals surface area (Å²) < 4.78 is 7.22. The number of fused-ring (bicyclic) bond motifs is 1. The average Bonchev–Trinajstić information content (AvgIpc) is 3.09. The third kappa shape index (κ3) is 5.81. The van der Waals surface area contributed by atoms with Crippen LogP contribution < -0.4 is 5.32 Å². The second-order valence-corrected chi connectivity index (χ2v) is 8.93. The zero-order valence-electron chi connectivity index (χ0n) is 15.8. The number of hydrogen-bond acceptors (Lipinski definition) is 6. The van der Waals surface area contributed by atoms with Gasteiger partial charge in [-0.25, -0.2) is 9.78 Å². The Balaban J connectivity index is 1.48. The van der Waals surface area contributed by atoms with E-state index < -0.39 is 0 Å². The third-order valence-corrected chi connectivity index (χ3v) is 6.11. The van der Waals surface area contributed by atoms with Gasteiger partial charge in [-0.15, -0.1) is 11.3 Å². The van der Waals surface area contributed by atoms with Crippen molar-refractivity contribution in [1.82, 2.24) is 4.98 Å². The molecule has 7 heteroatoms. The van der Waals surface area contributed by atoms with E-state index in [-0.39, 0.29) is 17.6 Å². The standard InChI is InChI=1S/C21H22N2O3S2/c1-14(2)11-12-26-20(25)15-7-9-16(10-8-15)22-19(24)13-27-21-23-17-5-3-4-6-18(17)28-21/h3-10,14H,11-13H2,1-2H3,(H,22,24). The van der Waals surface area contributed by atoms with Gasteiger partial charge in [0.2, 0.25) is 5.91 Å². The number of nitrogens with one attached hydrogen (secondary N) is 1. The summed E-state index contributed by atoms with van der Waals surface area (Å²) in [6.07, 6.45) is 0.839. The fourth-order valence-electron chi connectivity index (χ4n) is 2.40. The number of rotatable bonds is 8. The van der Waals surface area contributed by atoms with Gasteiger partial charge in [-0.3, -0.25) is 4.79 Å². The molecule has 2 aromatic carbocycles. The van der Waals surface area contributed by atoms with Crippen LogP contribution in [0.2, 0.25) is 0 Å². The topological polar surface area (TPSA) is 68.3 Å². The number of carbonyl (C=O) groups excluding carboxylic acids is 2. The van der Waals surface area contributed by atoms with Crippen LogP contribution in [0, 0.1) is 5.92 Å². The average molecular weight is 415 g/mol. The van der Waals surface area contributed by atoms with Crippen molar-refractivity contribution in [3.05, 3.63) is 54.1 Å². The lowest BCUT2D eigenvalue weighted by Crippen LogP contribution is -2.14. The maximum absolute atomic E-state index is 12.2. The van der Waals surface area contributed by atoms with E-state index in [0.29, 0.717) is 23.8 Å². The molecule has 1 heterocycles. The number of ether oxygens (including phenoxy) is 1. The fraction of sp³-hybridized carbons (Fsp3) is 0.286. The van der Waals surface area contributed by atoms with Gasteiger partial charge in [-0.2, -0.15) is 0 Å². The molecule has 0 saturated carbocycles. The van der Waals surface area contributed by atoms with E-state index in [1.165, 1.54) is 11.8 Å². The van der Waals surface area contributed by atoms with Gasteiger partial charge in [0.25, 0.3) is 0 Å². The molecule has 146 valence electrons. The number of amides is 1. The number of anilines is 1. The lowest BCUT2D eigenvalue weighted by atomic mass is 10.1. The minimum Gasteiger partial charge on any atom is -0.462 e. The number of esters is 1. The van der Waals surface area contributed by atoms with E-state index in [2.05, 4.69) is 24.1 Å². The summed E-state index contributed by atoms with van der Waals surface area (Å²) in [6, 6.07) is 14.6. The number of carbonyl (C=O) groups is 2. The van der Waals surface area contributed by atoms with Crippen LogP contribution in [0.4, 0.5) is 5.69 Å². The Morgan fingerprint density at radius 3 is 2.61 bits per heavy atom. The Morgan fingerprint density at radius 1 is 1.14 bits per heavy atom. The fourth-order valence-corrected chi connectivity index (χ4v) is 4.27. The number of para-hydroxylation sites is 1. The minimum absolute atomic E-state index is 0.114. The molecule has 3 rings (SSSR count). The van der Waals surface area contributed by atoms with Crippen molar-refractivity contribution in [3.8, 4) is 0 Å². The van der Waals surface area contributed by atoms with Crippen molar-refractivity contribution in [3.63, 3.8) is 0 Å². The molecule has 1 amide bonds. The molecule has 0 saturated heterocycles.